The van der Waals surface area contributed by atoms with Crippen LogP contribution in [0.1, 0.15) is 42.6 Å². The first-order valence-corrected chi connectivity index (χ1v) is 10.9. The third-order valence-corrected chi connectivity index (χ3v) is 5.02. The van der Waals surface area contributed by atoms with Gasteiger partial charge in [0, 0.05) is 18.7 Å². The number of carbonyl (C=O) groups is 2. The molecule has 0 aromatic heterocycles. The number of likely N-dealkylation sites (N-methyl/N-ethyl adjacent to an activating group) is 1. The minimum atomic E-state index is -0.536. The third-order valence-electron chi connectivity index (χ3n) is 5.02. The van der Waals surface area contributed by atoms with Crippen molar-refractivity contribution < 1.29 is 14.3 Å². The number of aryl methyl sites for hydroxylation is 1. The molecule has 6 heteroatoms. The summed E-state index contributed by atoms with van der Waals surface area (Å²) in [6.07, 6.45) is 1.41. The largest absolute Gasteiger partial charge is 0.494 e. The van der Waals surface area contributed by atoms with E-state index in [1.807, 2.05) is 76.2 Å². The van der Waals surface area contributed by atoms with Crippen LogP contribution in [0.3, 0.4) is 0 Å². The normalized spacial score (nSPS) is 11.8. The molecule has 2 aromatic rings. The first-order chi connectivity index (χ1) is 14.8. The van der Waals surface area contributed by atoms with E-state index in [2.05, 4.69) is 10.6 Å². The fourth-order valence-corrected chi connectivity index (χ4v) is 3.35. The Balaban J connectivity index is 2.08. The third kappa shape index (κ3) is 7.40. The highest BCUT2D eigenvalue weighted by atomic mass is 16.5. The molecule has 2 aromatic carbocycles. The molecule has 1 atom stereocenters. The van der Waals surface area contributed by atoms with Crippen LogP contribution in [0.2, 0.25) is 0 Å². The number of ether oxygens (including phenoxy) is 1. The molecule has 2 N–H and O–H groups in total. The molecular weight excluding hydrogens is 390 g/mol. The van der Waals surface area contributed by atoms with Crippen molar-refractivity contribution in [1.82, 2.24) is 15.5 Å². The zero-order chi connectivity index (χ0) is 22.8. The number of rotatable bonds is 11. The van der Waals surface area contributed by atoms with Crippen LogP contribution < -0.4 is 15.4 Å². The predicted octanol–water partition coefficient (Wildman–Crippen LogP) is 3.64. The summed E-state index contributed by atoms with van der Waals surface area (Å²) in [5.41, 5.74) is 3.68. The molecule has 0 aliphatic rings. The van der Waals surface area contributed by atoms with Crippen molar-refractivity contribution in [3.05, 3.63) is 53.6 Å². The van der Waals surface area contributed by atoms with Gasteiger partial charge in [0.25, 0.3) is 5.91 Å². The van der Waals surface area contributed by atoms with E-state index in [9.17, 15) is 9.59 Å². The summed E-state index contributed by atoms with van der Waals surface area (Å²) in [5.74, 6) is 0.466. The maximum Gasteiger partial charge on any atom is 0.251 e. The molecule has 0 spiro atoms. The Labute approximate surface area is 186 Å². The van der Waals surface area contributed by atoms with Gasteiger partial charge in [0.1, 0.15) is 11.8 Å². The van der Waals surface area contributed by atoms with Gasteiger partial charge < -0.3 is 20.3 Å². The van der Waals surface area contributed by atoms with E-state index in [1.54, 1.807) is 6.07 Å². The lowest BCUT2D eigenvalue weighted by Gasteiger charge is -2.19. The Morgan fingerprint density at radius 3 is 2.35 bits per heavy atom. The van der Waals surface area contributed by atoms with Gasteiger partial charge in [-0.1, -0.05) is 31.5 Å². The van der Waals surface area contributed by atoms with Crippen molar-refractivity contribution in [1.29, 1.82) is 0 Å². The minimum Gasteiger partial charge on any atom is -0.494 e. The van der Waals surface area contributed by atoms with Gasteiger partial charge in [-0.25, -0.2) is 0 Å². The molecule has 0 bridgehead atoms. The second-order valence-corrected chi connectivity index (χ2v) is 7.90. The molecule has 0 heterocycles. The van der Waals surface area contributed by atoms with Gasteiger partial charge in [-0.3, -0.25) is 9.59 Å². The highest BCUT2D eigenvalue weighted by Gasteiger charge is 2.20. The number of nitrogens with one attached hydrogen (secondary N) is 2. The van der Waals surface area contributed by atoms with Gasteiger partial charge in [-0.2, -0.15) is 0 Å². The summed E-state index contributed by atoms with van der Waals surface area (Å²) < 4.78 is 5.50. The summed E-state index contributed by atoms with van der Waals surface area (Å²) in [6, 6.07) is 13.0. The summed E-state index contributed by atoms with van der Waals surface area (Å²) >= 11 is 0. The van der Waals surface area contributed by atoms with E-state index in [-0.39, 0.29) is 11.8 Å². The molecule has 0 saturated carbocycles. The van der Waals surface area contributed by atoms with Gasteiger partial charge in [0.15, 0.2) is 0 Å². The van der Waals surface area contributed by atoms with Gasteiger partial charge in [-0.05, 0) is 75.3 Å². The Morgan fingerprint density at radius 2 is 1.77 bits per heavy atom. The molecule has 2 amide bonds. The Bertz CT molecular complexity index is 863. The van der Waals surface area contributed by atoms with E-state index >= 15 is 0 Å². The zero-order valence-electron chi connectivity index (χ0n) is 19.3. The fraction of sp³-hybridized carbons (Fsp3) is 0.440. The molecule has 2 rings (SSSR count). The van der Waals surface area contributed by atoms with Crippen LogP contribution in [0.5, 0.6) is 5.75 Å². The van der Waals surface area contributed by atoms with Crippen LogP contribution in [0.25, 0.3) is 11.1 Å². The van der Waals surface area contributed by atoms with Crippen molar-refractivity contribution in [2.75, 3.05) is 33.8 Å². The summed E-state index contributed by atoms with van der Waals surface area (Å²) in [7, 11) is 3.91. The molecule has 0 aliphatic heterocycles. The number of hydrogen-bond acceptors (Lipinski definition) is 4. The maximum absolute atomic E-state index is 12.8. The molecule has 0 unspecified atom stereocenters. The van der Waals surface area contributed by atoms with Crippen LogP contribution in [0.4, 0.5) is 0 Å². The van der Waals surface area contributed by atoms with E-state index in [4.69, 9.17) is 4.74 Å². The van der Waals surface area contributed by atoms with Crippen molar-refractivity contribution in [3.63, 3.8) is 0 Å². The van der Waals surface area contributed by atoms with Gasteiger partial charge >= 0.3 is 0 Å². The number of amides is 2. The smallest absolute Gasteiger partial charge is 0.251 e. The summed E-state index contributed by atoms with van der Waals surface area (Å²) in [5, 5.41) is 5.80. The quantitative estimate of drug-likeness (QED) is 0.577. The molecule has 31 heavy (non-hydrogen) atoms. The number of carbonyl (C=O) groups excluding carboxylic acids is 2. The highest BCUT2D eigenvalue weighted by Crippen LogP contribution is 2.26. The predicted molar refractivity (Wildman–Crippen MR) is 126 cm³/mol. The van der Waals surface area contributed by atoms with E-state index in [1.165, 1.54) is 0 Å². The second kappa shape index (κ2) is 12.1. The maximum atomic E-state index is 12.8. The van der Waals surface area contributed by atoms with Crippen LogP contribution in [0.15, 0.2) is 42.5 Å². The number of hydrogen-bond donors (Lipinski definition) is 2. The van der Waals surface area contributed by atoms with Crippen LogP contribution in [-0.2, 0) is 4.79 Å². The fourth-order valence-electron chi connectivity index (χ4n) is 3.35. The molecule has 6 nitrogen and oxygen atoms in total. The molecule has 0 fully saturated rings. The van der Waals surface area contributed by atoms with Crippen molar-refractivity contribution in [2.24, 2.45) is 0 Å². The first kappa shape index (κ1) is 24.4. The van der Waals surface area contributed by atoms with Crippen molar-refractivity contribution in [3.8, 4) is 16.9 Å². The average molecular weight is 426 g/mol. The summed E-state index contributed by atoms with van der Waals surface area (Å²) in [4.78, 5) is 27.3. The number of nitrogens with zero attached hydrogens (tertiary/aromatic N) is 1. The van der Waals surface area contributed by atoms with Gasteiger partial charge in [0.2, 0.25) is 5.91 Å². The van der Waals surface area contributed by atoms with Crippen LogP contribution in [-0.4, -0.2) is 56.5 Å². The Hall–Kier alpha value is -2.86. The van der Waals surface area contributed by atoms with E-state index in [0.29, 0.717) is 25.1 Å². The lowest BCUT2D eigenvalue weighted by Crippen LogP contribution is -2.47. The SMILES string of the molecule is CCC[C@H](NC(=O)c1ccc(-c2ccc(OCC)cc2)c(C)c1)C(=O)NCCN(C)C. The van der Waals surface area contributed by atoms with Gasteiger partial charge in [-0.15, -0.1) is 0 Å². The topological polar surface area (TPSA) is 70.7 Å². The monoisotopic (exact) mass is 425 g/mol. The molecular formula is C25H35N3O3. The average Bonchev–Trinajstić information content (AvgIpc) is 2.74. The molecule has 0 saturated heterocycles. The molecule has 168 valence electrons. The van der Waals surface area contributed by atoms with Crippen molar-refractivity contribution in [2.45, 2.75) is 39.7 Å². The number of benzene rings is 2. The van der Waals surface area contributed by atoms with Crippen molar-refractivity contribution >= 4 is 11.8 Å². The Kier molecular flexibility index (Phi) is 9.53. The first-order valence-electron chi connectivity index (χ1n) is 10.9. The van der Waals surface area contributed by atoms with Crippen LogP contribution in [0, 0.1) is 6.92 Å². The summed E-state index contributed by atoms with van der Waals surface area (Å²) in [6.45, 7) is 7.89. The standard InChI is InChI=1S/C25H35N3O3/c1-6-8-23(25(30)26-15-16-28(4)5)27-24(29)20-11-14-22(18(3)17-20)19-9-12-21(13-10-19)31-7-2/h9-14,17,23H,6-8,15-16H2,1-5H3,(H,26,30)(H,27,29)/t23-/m0/s1. The molecule has 0 aliphatic carbocycles. The van der Waals surface area contributed by atoms with Gasteiger partial charge in [0.05, 0.1) is 6.61 Å². The van der Waals surface area contributed by atoms with E-state index in [0.717, 1.165) is 35.4 Å². The van der Waals surface area contributed by atoms with E-state index < -0.39 is 6.04 Å². The lowest BCUT2D eigenvalue weighted by molar-refractivity contribution is -0.123. The Morgan fingerprint density at radius 1 is 1.06 bits per heavy atom. The lowest BCUT2D eigenvalue weighted by atomic mass is 9.98. The zero-order valence-corrected chi connectivity index (χ0v) is 19.3. The highest BCUT2D eigenvalue weighted by molar-refractivity contribution is 5.98. The minimum absolute atomic E-state index is 0.139. The van der Waals surface area contributed by atoms with Crippen LogP contribution >= 0.6 is 0 Å². The second-order valence-electron chi connectivity index (χ2n) is 7.90. The molecule has 0 radical (unpaired) electrons.